The first kappa shape index (κ1) is 11.5. The molecule has 1 aromatic rings. The van der Waals surface area contributed by atoms with Gasteiger partial charge in [0.15, 0.2) is 0 Å². The number of nitrogens with zero attached hydrogens (tertiary/aromatic N) is 2. The standard InChI is InChI=1S/C10H10N2O2S/c1-2-8(10(13)14)15-9-5-3-4-7(6-11)12-9/h3-5,8H,2H2,1H3,(H,13,14). The molecule has 1 heterocycles. The maximum Gasteiger partial charge on any atom is 0.317 e. The van der Waals surface area contributed by atoms with E-state index in [1.807, 2.05) is 6.07 Å². The van der Waals surface area contributed by atoms with Crippen molar-refractivity contribution >= 4 is 17.7 Å². The van der Waals surface area contributed by atoms with Gasteiger partial charge < -0.3 is 5.11 Å². The fourth-order valence-electron chi connectivity index (χ4n) is 0.997. The molecule has 0 saturated heterocycles. The predicted octanol–water partition coefficient (Wildman–Crippen LogP) is 1.91. The molecule has 0 fully saturated rings. The highest BCUT2D eigenvalue weighted by atomic mass is 32.2. The Morgan fingerprint density at radius 2 is 2.47 bits per heavy atom. The number of aliphatic carboxylic acids is 1. The van der Waals surface area contributed by atoms with Gasteiger partial charge in [-0.2, -0.15) is 5.26 Å². The van der Waals surface area contributed by atoms with Crippen LogP contribution in [-0.2, 0) is 4.79 Å². The molecule has 0 saturated carbocycles. The van der Waals surface area contributed by atoms with Crippen molar-refractivity contribution in [1.29, 1.82) is 5.26 Å². The highest BCUT2D eigenvalue weighted by Gasteiger charge is 2.17. The molecule has 1 aromatic heterocycles. The van der Waals surface area contributed by atoms with E-state index in [2.05, 4.69) is 4.98 Å². The van der Waals surface area contributed by atoms with Gasteiger partial charge in [-0.3, -0.25) is 4.79 Å². The van der Waals surface area contributed by atoms with Crippen molar-refractivity contribution < 1.29 is 9.90 Å². The highest BCUT2D eigenvalue weighted by molar-refractivity contribution is 8.00. The van der Waals surface area contributed by atoms with Gasteiger partial charge in [-0.15, -0.1) is 0 Å². The summed E-state index contributed by atoms with van der Waals surface area (Å²) in [5.74, 6) is -0.855. The third kappa shape index (κ3) is 3.26. The molecule has 4 nitrogen and oxygen atoms in total. The van der Waals surface area contributed by atoms with Crippen LogP contribution in [0.5, 0.6) is 0 Å². The number of thioether (sulfide) groups is 1. The van der Waals surface area contributed by atoms with Gasteiger partial charge >= 0.3 is 5.97 Å². The molecule has 0 radical (unpaired) electrons. The third-order valence-corrected chi connectivity index (χ3v) is 3.04. The molecule has 0 aliphatic rings. The average Bonchev–Trinajstić information content (AvgIpc) is 2.25. The quantitative estimate of drug-likeness (QED) is 0.787. The van der Waals surface area contributed by atoms with Crippen molar-refractivity contribution in [2.24, 2.45) is 0 Å². The molecule has 78 valence electrons. The molecule has 1 N–H and O–H groups in total. The molecule has 0 amide bonds. The topological polar surface area (TPSA) is 74.0 Å². The first-order chi connectivity index (χ1) is 7.17. The molecular weight excluding hydrogens is 212 g/mol. The Labute approximate surface area is 91.9 Å². The maximum absolute atomic E-state index is 10.8. The van der Waals surface area contributed by atoms with E-state index in [4.69, 9.17) is 10.4 Å². The van der Waals surface area contributed by atoms with Crippen LogP contribution in [0.1, 0.15) is 19.0 Å². The smallest absolute Gasteiger partial charge is 0.317 e. The van der Waals surface area contributed by atoms with Crippen molar-refractivity contribution in [2.75, 3.05) is 0 Å². The molecule has 0 aliphatic heterocycles. The first-order valence-electron chi connectivity index (χ1n) is 4.44. The van der Waals surface area contributed by atoms with Crippen LogP contribution in [0, 0.1) is 11.3 Å². The maximum atomic E-state index is 10.8. The van der Waals surface area contributed by atoms with Gasteiger partial charge in [-0.1, -0.05) is 24.8 Å². The molecule has 15 heavy (non-hydrogen) atoms. The van der Waals surface area contributed by atoms with E-state index < -0.39 is 11.2 Å². The van der Waals surface area contributed by atoms with Gasteiger partial charge in [-0.25, -0.2) is 4.98 Å². The zero-order valence-corrected chi connectivity index (χ0v) is 8.99. The predicted molar refractivity (Wildman–Crippen MR) is 56.5 cm³/mol. The lowest BCUT2D eigenvalue weighted by Gasteiger charge is -2.07. The number of aromatic nitrogens is 1. The van der Waals surface area contributed by atoms with Crippen LogP contribution in [0.2, 0.25) is 0 Å². The molecule has 0 bridgehead atoms. The molecule has 5 heteroatoms. The van der Waals surface area contributed by atoms with Gasteiger partial charge in [0.25, 0.3) is 0 Å². The van der Waals surface area contributed by atoms with Crippen LogP contribution in [0.15, 0.2) is 23.2 Å². The van der Waals surface area contributed by atoms with Gasteiger partial charge in [0, 0.05) is 0 Å². The lowest BCUT2D eigenvalue weighted by atomic mass is 10.3. The zero-order chi connectivity index (χ0) is 11.3. The van der Waals surface area contributed by atoms with Crippen LogP contribution in [0.3, 0.4) is 0 Å². The van der Waals surface area contributed by atoms with Crippen LogP contribution < -0.4 is 0 Å². The van der Waals surface area contributed by atoms with Crippen molar-refractivity contribution in [3.8, 4) is 6.07 Å². The Morgan fingerprint density at radius 1 is 1.73 bits per heavy atom. The summed E-state index contributed by atoms with van der Waals surface area (Å²) in [6.45, 7) is 1.81. The van der Waals surface area contributed by atoms with Gasteiger partial charge in [-0.05, 0) is 18.6 Å². The highest BCUT2D eigenvalue weighted by Crippen LogP contribution is 2.23. The Morgan fingerprint density at radius 3 is 3.00 bits per heavy atom. The molecule has 1 atom stereocenters. The normalized spacial score (nSPS) is 11.7. The van der Waals surface area contributed by atoms with Crippen LogP contribution >= 0.6 is 11.8 Å². The molecule has 1 unspecified atom stereocenters. The van der Waals surface area contributed by atoms with Crippen molar-refractivity contribution in [1.82, 2.24) is 4.98 Å². The third-order valence-electron chi connectivity index (χ3n) is 1.75. The molecule has 0 aromatic carbocycles. The minimum absolute atomic E-state index is 0.306. The summed E-state index contributed by atoms with van der Waals surface area (Å²) in [6, 6.07) is 6.91. The van der Waals surface area contributed by atoms with Crippen LogP contribution in [0.25, 0.3) is 0 Å². The van der Waals surface area contributed by atoms with Gasteiger partial charge in [0.2, 0.25) is 0 Å². The van der Waals surface area contributed by atoms with Crippen LogP contribution in [0.4, 0.5) is 0 Å². The number of pyridine rings is 1. The van der Waals surface area contributed by atoms with E-state index in [1.54, 1.807) is 25.1 Å². The number of carboxylic acids is 1. The minimum atomic E-state index is -0.855. The summed E-state index contributed by atoms with van der Waals surface area (Å²) in [5.41, 5.74) is 0.306. The molecule has 1 rings (SSSR count). The second-order valence-electron chi connectivity index (χ2n) is 2.83. The van der Waals surface area contributed by atoms with E-state index in [0.29, 0.717) is 17.1 Å². The van der Waals surface area contributed by atoms with Crippen LogP contribution in [-0.4, -0.2) is 21.3 Å². The van der Waals surface area contributed by atoms with Crippen molar-refractivity contribution in [2.45, 2.75) is 23.6 Å². The van der Waals surface area contributed by atoms with Gasteiger partial charge in [0.05, 0.1) is 5.03 Å². The Bertz CT molecular complexity index is 401. The van der Waals surface area contributed by atoms with Crippen molar-refractivity contribution in [3.63, 3.8) is 0 Å². The van der Waals surface area contributed by atoms with E-state index >= 15 is 0 Å². The summed E-state index contributed by atoms with van der Waals surface area (Å²) < 4.78 is 0. The van der Waals surface area contributed by atoms with E-state index in [0.717, 1.165) is 11.8 Å². The Kier molecular flexibility index (Phi) is 4.13. The number of nitriles is 1. The number of carboxylic acid groups (broad SMARTS) is 1. The Hall–Kier alpha value is -1.54. The number of hydrogen-bond acceptors (Lipinski definition) is 4. The molecular formula is C10H10N2O2S. The fourth-order valence-corrected chi connectivity index (χ4v) is 1.86. The summed E-state index contributed by atoms with van der Waals surface area (Å²) in [5, 5.41) is 17.5. The second-order valence-corrected chi connectivity index (χ2v) is 4.05. The van der Waals surface area contributed by atoms with E-state index in [1.165, 1.54) is 0 Å². The van der Waals surface area contributed by atoms with E-state index in [-0.39, 0.29) is 0 Å². The molecule has 0 spiro atoms. The summed E-state index contributed by atoms with van der Waals surface area (Å²) >= 11 is 1.16. The summed E-state index contributed by atoms with van der Waals surface area (Å²) in [6.07, 6.45) is 0.526. The monoisotopic (exact) mass is 222 g/mol. The largest absolute Gasteiger partial charge is 0.480 e. The fraction of sp³-hybridized carbons (Fsp3) is 0.300. The minimum Gasteiger partial charge on any atom is -0.480 e. The SMILES string of the molecule is CCC(Sc1cccc(C#N)n1)C(=O)O. The lowest BCUT2D eigenvalue weighted by molar-refractivity contribution is -0.136. The lowest BCUT2D eigenvalue weighted by Crippen LogP contribution is -2.14. The van der Waals surface area contributed by atoms with E-state index in [9.17, 15) is 4.79 Å². The summed E-state index contributed by atoms with van der Waals surface area (Å²) in [7, 11) is 0. The first-order valence-corrected chi connectivity index (χ1v) is 5.32. The molecule has 0 aliphatic carbocycles. The second kappa shape index (κ2) is 5.37. The van der Waals surface area contributed by atoms with Crippen molar-refractivity contribution in [3.05, 3.63) is 23.9 Å². The summed E-state index contributed by atoms with van der Waals surface area (Å²) in [4.78, 5) is 14.8. The number of rotatable bonds is 4. The average molecular weight is 222 g/mol. The van der Waals surface area contributed by atoms with Gasteiger partial charge in [0.1, 0.15) is 17.0 Å². The zero-order valence-electron chi connectivity index (χ0n) is 8.17. The number of carbonyl (C=O) groups is 1. The number of hydrogen-bond donors (Lipinski definition) is 1. The Balaban J connectivity index is 2.80.